The molecule has 6 aromatic carbocycles. The average molecular weight is 895 g/mol. The molecule has 0 saturated heterocycles. The monoisotopic (exact) mass is 894 g/mol. The molecule has 0 heterocycles. The maximum Gasteiger partial charge on any atom is 0.335 e. The van der Waals surface area contributed by atoms with Crippen molar-refractivity contribution in [3.8, 4) is 23.0 Å². The summed E-state index contributed by atoms with van der Waals surface area (Å²) in [4.78, 5) is 20.4. The molecule has 0 unspecified atom stereocenters. The molecule has 0 radical (unpaired) electrons. The molecule has 14 nitrogen and oxygen atoms in total. The Kier molecular flexibility index (Phi) is 15.4. The Hall–Kier alpha value is -7.25. The van der Waals surface area contributed by atoms with E-state index in [2.05, 4.69) is 9.44 Å². The van der Waals surface area contributed by atoms with E-state index in [9.17, 15) is 39.6 Å². The van der Waals surface area contributed by atoms with Gasteiger partial charge in [0.15, 0.2) is 4.90 Å². The number of benzene rings is 6. The molecule has 62 heavy (non-hydrogen) atoms. The summed E-state index contributed by atoms with van der Waals surface area (Å²) in [6.07, 6.45) is 0. The first-order valence-corrected chi connectivity index (χ1v) is 21.1. The van der Waals surface area contributed by atoms with E-state index >= 15 is 0 Å². The first kappa shape index (κ1) is 45.8. The van der Waals surface area contributed by atoms with Gasteiger partial charge < -0.3 is 29.2 Å². The van der Waals surface area contributed by atoms with Crippen LogP contribution in [-0.2, 0) is 20.0 Å². The number of hydrogen-bond acceptors (Lipinski definition) is 10. The summed E-state index contributed by atoms with van der Waals surface area (Å²) in [5.41, 5.74) is 1.17. The van der Waals surface area contributed by atoms with E-state index in [0.29, 0.717) is 34.2 Å². The highest BCUT2D eigenvalue weighted by molar-refractivity contribution is 7.93. The minimum Gasteiger partial charge on any atom is -0.490 e. The molecule has 0 bridgehead atoms. The van der Waals surface area contributed by atoms with E-state index in [1.807, 2.05) is 0 Å². The SMILES string of the molecule is Cc1ccc(F)cc1S(=O)(=O)Nc1ccc(OCCOc2ccc(C(=O)O)cc2)cc1.O=C(O)c1ccc(OCCOc2ccc(NS(=O)(=O)c3c(F)cccc3F)cc2)cc1. The highest BCUT2D eigenvalue weighted by Crippen LogP contribution is 2.25. The Bertz CT molecular complexity index is 2680. The fourth-order valence-corrected chi connectivity index (χ4v) is 7.80. The molecule has 0 aromatic heterocycles. The highest BCUT2D eigenvalue weighted by atomic mass is 32.2. The summed E-state index contributed by atoms with van der Waals surface area (Å²) in [5, 5.41) is 17.7. The van der Waals surface area contributed by atoms with Crippen LogP contribution in [-0.4, -0.2) is 65.4 Å². The number of nitrogens with one attached hydrogen (secondary N) is 2. The van der Waals surface area contributed by atoms with E-state index in [1.54, 1.807) is 31.2 Å². The molecule has 6 rings (SSSR count). The number of aryl methyl sites for hydroxylation is 1. The lowest BCUT2D eigenvalue weighted by Gasteiger charge is -2.12. The van der Waals surface area contributed by atoms with Crippen LogP contribution < -0.4 is 28.4 Å². The van der Waals surface area contributed by atoms with Crippen molar-refractivity contribution in [3.05, 3.63) is 168 Å². The molecule has 0 spiro atoms. The van der Waals surface area contributed by atoms with E-state index in [0.717, 1.165) is 24.3 Å². The van der Waals surface area contributed by atoms with Gasteiger partial charge in [0.1, 0.15) is 66.9 Å². The van der Waals surface area contributed by atoms with Gasteiger partial charge in [-0.15, -0.1) is 0 Å². The van der Waals surface area contributed by atoms with Crippen molar-refractivity contribution < 1.29 is 68.8 Å². The second kappa shape index (κ2) is 20.8. The molecule has 324 valence electrons. The van der Waals surface area contributed by atoms with Crippen molar-refractivity contribution in [3.63, 3.8) is 0 Å². The van der Waals surface area contributed by atoms with Gasteiger partial charge in [-0.05, 0) is 134 Å². The van der Waals surface area contributed by atoms with Gasteiger partial charge in [-0.3, -0.25) is 9.44 Å². The molecule has 6 aromatic rings. The molecule has 0 atom stereocenters. The van der Waals surface area contributed by atoms with Crippen molar-refractivity contribution in [2.75, 3.05) is 35.9 Å². The largest absolute Gasteiger partial charge is 0.490 e. The second-order valence-corrected chi connectivity index (χ2v) is 16.0. The Balaban J connectivity index is 0.000000234. The second-order valence-electron chi connectivity index (χ2n) is 12.8. The van der Waals surface area contributed by atoms with Crippen LogP contribution in [0.5, 0.6) is 23.0 Å². The number of carboxylic acids is 2. The number of anilines is 2. The first-order valence-electron chi connectivity index (χ1n) is 18.1. The molecule has 0 aliphatic carbocycles. The third-order valence-corrected chi connectivity index (χ3v) is 11.2. The number of carbonyl (C=O) groups is 2. The number of carboxylic acid groups (broad SMARTS) is 2. The molecular weight excluding hydrogens is 858 g/mol. The van der Waals surface area contributed by atoms with Crippen molar-refractivity contribution >= 4 is 43.4 Å². The van der Waals surface area contributed by atoms with Gasteiger partial charge in [-0.1, -0.05) is 12.1 Å². The minimum absolute atomic E-state index is 0.102. The van der Waals surface area contributed by atoms with E-state index < -0.39 is 54.3 Å². The van der Waals surface area contributed by atoms with Gasteiger partial charge in [0.25, 0.3) is 20.0 Å². The molecule has 0 fully saturated rings. The predicted molar refractivity (Wildman–Crippen MR) is 221 cm³/mol. The predicted octanol–water partition coefficient (Wildman–Crippen LogP) is 8.01. The smallest absolute Gasteiger partial charge is 0.335 e. The quantitative estimate of drug-likeness (QED) is 0.0606. The zero-order valence-electron chi connectivity index (χ0n) is 32.5. The van der Waals surface area contributed by atoms with Gasteiger partial charge in [-0.2, -0.15) is 0 Å². The van der Waals surface area contributed by atoms with E-state index in [-0.39, 0.29) is 48.1 Å². The topological polar surface area (TPSA) is 204 Å². The molecule has 19 heteroatoms. The normalized spacial score (nSPS) is 11.0. The molecule has 0 aliphatic rings. The van der Waals surface area contributed by atoms with Gasteiger partial charge in [0.05, 0.1) is 16.0 Å². The maximum absolute atomic E-state index is 13.7. The van der Waals surface area contributed by atoms with Crippen LogP contribution in [0.1, 0.15) is 26.3 Å². The van der Waals surface area contributed by atoms with Gasteiger partial charge in [0, 0.05) is 11.4 Å². The summed E-state index contributed by atoms with van der Waals surface area (Å²) >= 11 is 0. The first-order chi connectivity index (χ1) is 29.5. The van der Waals surface area contributed by atoms with Crippen LogP contribution in [0.4, 0.5) is 24.5 Å². The third-order valence-electron chi connectivity index (χ3n) is 8.28. The molecule has 4 N–H and O–H groups in total. The van der Waals surface area contributed by atoms with Crippen molar-refractivity contribution in [1.29, 1.82) is 0 Å². The molecule has 0 aliphatic heterocycles. The summed E-state index contributed by atoms with van der Waals surface area (Å²) in [7, 11) is -8.37. The van der Waals surface area contributed by atoms with Crippen molar-refractivity contribution in [1.82, 2.24) is 0 Å². The number of sulfonamides is 2. The Morgan fingerprint density at radius 2 is 0.871 bits per heavy atom. The fourth-order valence-electron chi connectivity index (χ4n) is 5.28. The Labute approximate surface area is 354 Å². The van der Waals surface area contributed by atoms with E-state index in [4.69, 9.17) is 29.2 Å². The number of rotatable bonds is 18. The summed E-state index contributed by atoms with van der Waals surface area (Å²) in [6.45, 7) is 2.42. The minimum atomic E-state index is -4.45. The summed E-state index contributed by atoms with van der Waals surface area (Å²) in [6, 6.07) is 30.3. The number of halogens is 3. The standard InChI is InChI=1S/C22H20FNO6S.C21H17F2NO6S/c1-15-2-5-17(23)14-21(15)31(27,28)24-18-6-10-20(11-7-18)30-13-12-29-19-8-3-16(4-9-19)22(25)26;22-18-2-1-3-19(23)20(18)31(27,28)24-15-6-10-17(11-7-15)30-13-12-29-16-8-4-14(5-9-16)21(25)26/h2-11,14,24H,12-13H2,1H3,(H,25,26);1-11,24H,12-13H2,(H,25,26). The van der Waals surface area contributed by atoms with Crippen LogP contribution in [0.25, 0.3) is 0 Å². The van der Waals surface area contributed by atoms with E-state index in [1.165, 1.54) is 84.9 Å². The van der Waals surface area contributed by atoms with Gasteiger partial charge in [-0.25, -0.2) is 39.6 Å². The molecule has 0 amide bonds. The number of ether oxygens (including phenoxy) is 4. The fraction of sp³-hybridized carbons (Fsp3) is 0.116. The van der Waals surface area contributed by atoms with Crippen molar-refractivity contribution in [2.24, 2.45) is 0 Å². The lowest BCUT2D eigenvalue weighted by atomic mass is 10.2. The highest BCUT2D eigenvalue weighted by Gasteiger charge is 2.24. The third kappa shape index (κ3) is 13.1. The molecular formula is C43H37F3N2O12S2. The Morgan fingerprint density at radius 3 is 1.24 bits per heavy atom. The van der Waals surface area contributed by atoms with Crippen LogP contribution in [0.2, 0.25) is 0 Å². The van der Waals surface area contributed by atoms with Crippen LogP contribution in [0.3, 0.4) is 0 Å². The lowest BCUT2D eigenvalue weighted by molar-refractivity contribution is 0.0686. The zero-order valence-corrected chi connectivity index (χ0v) is 34.1. The Morgan fingerprint density at radius 1 is 0.516 bits per heavy atom. The van der Waals surface area contributed by atoms with Gasteiger partial charge in [0.2, 0.25) is 0 Å². The summed E-state index contributed by atoms with van der Waals surface area (Å²) in [5.74, 6) is -3.11. The van der Waals surface area contributed by atoms with Gasteiger partial charge >= 0.3 is 11.9 Å². The van der Waals surface area contributed by atoms with Crippen molar-refractivity contribution in [2.45, 2.75) is 16.7 Å². The van der Waals surface area contributed by atoms with Crippen LogP contribution >= 0.6 is 0 Å². The van der Waals surface area contributed by atoms with Crippen LogP contribution in [0.15, 0.2) is 143 Å². The number of hydrogen-bond donors (Lipinski definition) is 4. The lowest BCUT2D eigenvalue weighted by Crippen LogP contribution is -2.16. The maximum atomic E-state index is 13.7. The average Bonchev–Trinajstić information content (AvgIpc) is 3.23. The van der Waals surface area contributed by atoms with Crippen LogP contribution in [0, 0.1) is 24.4 Å². The molecule has 0 saturated carbocycles. The number of aromatic carboxylic acids is 2. The zero-order chi connectivity index (χ0) is 44.9. The summed E-state index contributed by atoms with van der Waals surface area (Å²) < 4.78 is 117.